The van der Waals surface area contributed by atoms with Gasteiger partial charge in [0.2, 0.25) is 0 Å². The lowest BCUT2D eigenvalue weighted by molar-refractivity contribution is -0.00520. The van der Waals surface area contributed by atoms with E-state index < -0.39 is 0 Å². The van der Waals surface area contributed by atoms with Crippen LogP contribution in [0.2, 0.25) is 0 Å². The average molecular weight is 351 g/mol. The maximum absolute atomic E-state index is 12.9. The highest BCUT2D eigenvalue weighted by Crippen LogP contribution is 2.60. The molecule has 1 heterocycles. The van der Waals surface area contributed by atoms with Gasteiger partial charge in [0.25, 0.3) is 11.8 Å². The van der Waals surface area contributed by atoms with Crippen molar-refractivity contribution in [1.82, 2.24) is 4.90 Å². The average Bonchev–Trinajstić information content (AvgIpc) is 2.82. The van der Waals surface area contributed by atoms with E-state index >= 15 is 0 Å². The molecule has 6 rings (SSSR count). The lowest BCUT2D eigenvalue weighted by Crippen LogP contribution is -2.48. The normalized spacial score (nSPS) is 34.9. The van der Waals surface area contributed by atoms with Gasteiger partial charge in [-0.3, -0.25) is 14.5 Å². The molecule has 0 saturated heterocycles. The molecule has 0 spiro atoms. The van der Waals surface area contributed by atoms with Crippen LogP contribution in [0.5, 0.6) is 0 Å². The van der Waals surface area contributed by atoms with Gasteiger partial charge in [0, 0.05) is 6.54 Å². The van der Waals surface area contributed by atoms with E-state index in [0.29, 0.717) is 23.6 Å². The Kier molecular flexibility index (Phi) is 3.61. The summed E-state index contributed by atoms with van der Waals surface area (Å²) in [5.74, 6) is 2.97. The van der Waals surface area contributed by atoms with Crippen LogP contribution >= 0.6 is 0 Å². The molecule has 1 aromatic rings. The van der Waals surface area contributed by atoms with E-state index in [-0.39, 0.29) is 17.2 Å². The van der Waals surface area contributed by atoms with Crippen LogP contribution in [0.4, 0.5) is 0 Å². The van der Waals surface area contributed by atoms with E-state index in [1.165, 1.54) is 49.0 Å². The second-order valence-corrected chi connectivity index (χ2v) is 9.90. The first-order chi connectivity index (χ1) is 12.4. The molecule has 4 fully saturated rings. The van der Waals surface area contributed by atoms with Gasteiger partial charge in [-0.05, 0) is 91.7 Å². The fourth-order valence-electron chi connectivity index (χ4n) is 6.68. The Bertz CT molecular complexity index is 743. The Hall–Kier alpha value is -1.64. The van der Waals surface area contributed by atoms with Crippen molar-refractivity contribution in [3.05, 3.63) is 34.9 Å². The van der Waals surface area contributed by atoms with E-state index in [0.717, 1.165) is 24.2 Å². The van der Waals surface area contributed by atoms with Crippen LogP contribution in [0.1, 0.15) is 85.1 Å². The van der Waals surface area contributed by atoms with Crippen LogP contribution < -0.4 is 0 Å². The number of fused-ring (bicyclic) bond motifs is 1. The standard InChI is InChI=1S/C23H29NO2/c1-14(2)5-6-24-21(25)19-4-3-18(10-20(19)22(24)26)23-11-15-7-16(12-23)9-17(8-15)13-23/h3-4,10,14-17H,5-9,11-13H2,1-2H3. The second kappa shape index (κ2) is 5.68. The fraction of sp³-hybridized carbons (Fsp3) is 0.652. The van der Waals surface area contributed by atoms with Gasteiger partial charge in [-0.1, -0.05) is 19.9 Å². The van der Waals surface area contributed by atoms with Crippen LogP contribution in [0.3, 0.4) is 0 Å². The van der Waals surface area contributed by atoms with Gasteiger partial charge in [-0.2, -0.15) is 0 Å². The van der Waals surface area contributed by atoms with Gasteiger partial charge in [-0.15, -0.1) is 0 Å². The summed E-state index contributed by atoms with van der Waals surface area (Å²) in [6, 6.07) is 6.21. The summed E-state index contributed by atoms with van der Waals surface area (Å²) < 4.78 is 0. The molecule has 0 unspecified atom stereocenters. The van der Waals surface area contributed by atoms with Gasteiger partial charge >= 0.3 is 0 Å². The minimum absolute atomic E-state index is 0.0720. The van der Waals surface area contributed by atoms with Crippen molar-refractivity contribution >= 4 is 11.8 Å². The Morgan fingerprint density at radius 1 is 0.962 bits per heavy atom. The van der Waals surface area contributed by atoms with Crippen LogP contribution in [0, 0.1) is 23.7 Å². The Morgan fingerprint density at radius 3 is 2.12 bits per heavy atom. The third-order valence-electron chi connectivity index (χ3n) is 7.55. The van der Waals surface area contributed by atoms with E-state index in [9.17, 15) is 9.59 Å². The molecule has 5 aliphatic rings. The van der Waals surface area contributed by atoms with E-state index in [4.69, 9.17) is 0 Å². The molecular weight excluding hydrogens is 322 g/mol. The van der Waals surface area contributed by atoms with Gasteiger partial charge in [0.1, 0.15) is 0 Å². The smallest absolute Gasteiger partial charge is 0.261 e. The fourth-order valence-corrected chi connectivity index (χ4v) is 6.68. The lowest BCUT2D eigenvalue weighted by atomic mass is 9.48. The van der Waals surface area contributed by atoms with Crippen molar-refractivity contribution in [2.75, 3.05) is 6.54 Å². The van der Waals surface area contributed by atoms with Crippen molar-refractivity contribution in [2.24, 2.45) is 23.7 Å². The zero-order valence-corrected chi connectivity index (χ0v) is 16.0. The summed E-state index contributed by atoms with van der Waals surface area (Å²) in [7, 11) is 0. The molecule has 26 heavy (non-hydrogen) atoms. The lowest BCUT2D eigenvalue weighted by Gasteiger charge is -2.57. The first-order valence-electron chi connectivity index (χ1n) is 10.5. The summed E-state index contributed by atoms with van der Waals surface area (Å²) >= 11 is 0. The van der Waals surface area contributed by atoms with Crippen LogP contribution in [-0.4, -0.2) is 23.3 Å². The largest absolute Gasteiger partial charge is 0.274 e. The van der Waals surface area contributed by atoms with Gasteiger partial charge in [0.05, 0.1) is 11.1 Å². The predicted molar refractivity (Wildman–Crippen MR) is 101 cm³/mol. The number of amides is 2. The molecule has 138 valence electrons. The van der Waals surface area contributed by atoms with Crippen molar-refractivity contribution < 1.29 is 9.59 Å². The molecule has 1 aliphatic heterocycles. The molecular formula is C23H29NO2. The third-order valence-corrected chi connectivity index (χ3v) is 7.55. The Balaban J connectivity index is 1.47. The summed E-state index contributed by atoms with van der Waals surface area (Å²) in [6.07, 6.45) is 9.00. The highest BCUT2D eigenvalue weighted by atomic mass is 16.2. The van der Waals surface area contributed by atoms with Crippen LogP contribution in [0.15, 0.2) is 18.2 Å². The van der Waals surface area contributed by atoms with Crippen molar-refractivity contribution in [1.29, 1.82) is 0 Å². The molecule has 3 nitrogen and oxygen atoms in total. The van der Waals surface area contributed by atoms with Gasteiger partial charge in [0.15, 0.2) is 0 Å². The summed E-state index contributed by atoms with van der Waals surface area (Å²) in [4.78, 5) is 27.1. The molecule has 0 radical (unpaired) electrons. The van der Waals surface area contributed by atoms with Crippen molar-refractivity contribution in [2.45, 2.75) is 64.2 Å². The topological polar surface area (TPSA) is 37.4 Å². The van der Waals surface area contributed by atoms with E-state index in [1.807, 2.05) is 6.07 Å². The van der Waals surface area contributed by atoms with Crippen LogP contribution in [0.25, 0.3) is 0 Å². The molecule has 2 amide bonds. The highest BCUT2D eigenvalue weighted by molar-refractivity contribution is 6.21. The Morgan fingerprint density at radius 2 is 1.54 bits per heavy atom. The number of hydrogen-bond acceptors (Lipinski definition) is 2. The first-order valence-corrected chi connectivity index (χ1v) is 10.5. The minimum Gasteiger partial charge on any atom is -0.274 e. The molecule has 0 atom stereocenters. The van der Waals surface area contributed by atoms with Crippen molar-refractivity contribution in [3.8, 4) is 0 Å². The molecule has 0 aromatic heterocycles. The summed E-state index contributed by atoms with van der Waals surface area (Å²) in [6.45, 7) is 4.79. The van der Waals surface area contributed by atoms with Crippen LogP contribution in [-0.2, 0) is 5.41 Å². The van der Waals surface area contributed by atoms with Gasteiger partial charge < -0.3 is 0 Å². The molecule has 0 N–H and O–H groups in total. The predicted octanol–water partition coefficient (Wildman–Crippen LogP) is 4.80. The molecule has 4 bridgehead atoms. The second-order valence-electron chi connectivity index (χ2n) is 9.90. The number of benzene rings is 1. The number of imide groups is 1. The minimum atomic E-state index is -0.0947. The Labute approximate surface area is 156 Å². The summed E-state index contributed by atoms with van der Waals surface area (Å²) in [5.41, 5.74) is 2.89. The highest BCUT2D eigenvalue weighted by Gasteiger charge is 2.52. The maximum Gasteiger partial charge on any atom is 0.261 e. The monoisotopic (exact) mass is 351 g/mol. The summed E-state index contributed by atoms with van der Waals surface area (Å²) in [5, 5.41) is 0. The zero-order valence-electron chi connectivity index (χ0n) is 16.0. The molecule has 3 heteroatoms. The van der Waals surface area contributed by atoms with E-state index in [2.05, 4.69) is 26.0 Å². The molecule has 1 aromatic carbocycles. The number of nitrogens with zero attached hydrogens (tertiary/aromatic N) is 1. The number of rotatable bonds is 4. The quantitative estimate of drug-likeness (QED) is 0.731. The third kappa shape index (κ3) is 2.39. The number of hydrogen-bond donors (Lipinski definition) is 0. The zero-order chi connectivity index (χ0) is 18.1. The first kappa shape index (κ1) is 16.5. The molecule has 4 saturated carbocycles. The SMILES string of the molecule is CC(C)CCN1C(=O)c2ccc(C34CC5CC(CC(C5)C3)C4)cc2C1=O. The molecule has 4 aliphatic carbocycles. The number of carbonyl (C=O) groups is 2. The van der Waals surface area contributed by atoms with E-state index in [1.54, 1.807) is 0 Å². The van der Waals surface area contributed by atoms with Gasteiger partial charge in [-0.25, -0.2) is 0 Å². The number of carbonyl (C=O) groups excluding carboxylic acids is 2. The van der Waals surface area contributed by atoms with Crippen molar-refractivity contribution in [3.63, 3.8) is 0 Å². The maximum atomic E-state index is 12.9.